The molecule has 2 heterocycles. The molecule has 8 heteroatoms. The molecule has 3 N–H and O–H groups in total. The minimum absolute atomic E-state index is 0.0680. The summed E-state index contributed by atoms with van der Waals surface area (Å²) < 4.78 is 1.87. The van der Waals surface area contributed by atoms with Crippen LogP contribution in [0, 0.1) is 5.92 Å². The SMILES string of the molecule is CCn1cnnc1CNC(=O)[C@H]1CCCN(C(N)=O)C1. The van der Waals surface area contributed by atoms with E-state index in [0.717, 1.165) is 25.2 Å². The van der Waals surface area contributed by atoms with E-state index < -0.39 is 6.03 Å². The number of piperidine rings is 1. The molecule has 1 aliphatic heterocycles. The van der Waals surface area contributed by atoms with Gasteiger partial charge in [0.1, 0.15) is 6.33 Å². The Morgan fingerprint density at radius 3 is 3.05 bits per heavy atom. The Bertz CT molecular complexity index is 486. The minimum Gasteiger partial charge on any atom is -0.351 e. The zero-order valence-electron chi connectivity index (χ0n) is 11.6. The first-order valence-electron chi connectivity index (χ1n) is 6.80. The Morgan fingerprint density at radius 2 is 2.35 bits per heavy atom. The summed E-state index contributed by atoms with van der Waals surface area (Å²) in [5, 5.41) is 10.6. The van der Waals surface area contributed by atoms with Crippen molar-refractivity contribution in [3.63, 3.8) is 0 Å². The van der Waals surface area contributed by atoms with Gasteiger partial charge in [0, 0.05) is 19.6 Å². The third-order valence-corrected chi connectivity index (χ3v) is 3.56. The Labute approximate surface area is 117 Å². The van der Waals surface area contributed by atoms with Crippen LogP contribution in [0.15, 0.2) is 6.33 Å². The molecule has 1 aliphatic rings. The number of carbonyl (C=O) groups is 2. The van der Waals surface area contributed by atoms with Crippen molar-refractivity contribution in [3.05, 3.63) is 12.2 Å². The number of amides is 3. The molecule has 0 spiro atoms. The van der Waals surface area contributed by atoms with Gasteiger partial charge in [0.25, 0.3) is 0 Å². The molecule has 2 rings (SSSR count). The van der Waals surface area contributed by atoms with Crippen molar-refractivity contribution < 1.29 is 9.59 Å². The number of rotatable bonds is 4. The number of nitrogens with zero attached hydrogens (tertiary/aromatic N) is 4. The molecule has 0 radical (unpaired) electrons. The minimum atomic E-state index is -0.465. The fourth-order valence-corrected chi connectivity index (χ4v) is 2.38. The summed E-state index contributed by atoms with van der Waals surface area (Å²) in [5.41, 5.74) is 5.25. The number of aryl methyl sites for hydroxylation is 1. The van der Waals surface area contributed by atoms with Crippen LogP contribution in [0.5, 0.6) is 0 Å². The number of likely N-dealkylation sites (tertiary alicyclic amines) is 1. The fraction of sp³-hybridized carbons (Fsp3) is 0.667. The largest absolute Gasteiger partial charge is 0.351 e. The Hall–Kier alpha value is -2.12. The van der Waals surface area contributed by atoms with Crippen LogP contribution in [0.1, 0.15) is 25.6 Å². The number of urea groups is 1. The van der Waals surface area contributed by atoms with Crippen molar-refractivity contribution in [2.75, 3.05) is 13.1 Å². The smallest absolute Gasteiger partial charge is 0.314 e. The number of hydrogen-bond acceptors (Lipinski definition) is 4. The van der Waals surface area contributed by atoms with E-state index in [4.69, 9.17) is 5.73 Å². The van der Waals surface area contributed by atoms with Gasteiger partial charge in [0.05, 0.1) is 12.5 Å². The summed E-state index contributed by atoms with van der Waals surface area (Å²) in [4.78, 5) is 24.8. The lowest BCUT2D eigenvalue weighted by Crippen LogP contribution is -2.47. The maximum absolute atomic E-state index is 12.1. The van der Waals surface area contributed by atoms with Gasteiger partial charge in [-0.05, 0) is 19.8 Å². The first kappa shape index (κ1) is 14.3. The Kier molecular flexibility index (Phi) is 4.54. The van der Waals surface area contributed by atoms with E-state index in [1.807, 2.05) is 11.5 Å². The average Bonchev–Trinajstić information content (AvgIpc) is 2.92. The average molecular weight is 280 g/mol. The molecule has 1 saturated heterocycles. The van der Waals surface area contributed by atoms with Crippen molar-refractivity contribution in [1.29, 1.82) is 0 Å². The molecule has 110 valence electrons. The van der Waals surface area contributed by atoms with Gasteiger partial charge in [0.2, 0.25) is 5.91 Å². The fourth-order valence-electron chi connectivity index (χ4n) is 2.38. The molecule has 1 aromatic rings. The number of hydrogen-bond donors (Lipinski definition) is 2. The number of nitrogens with one attached hydrogen (secondary N) is 1. The summed E-state index contributed by atoms with van der Waals surface area (Å²) in [5.74, 6) is 0.458. The van der Waals surface area contributed by atoms with E-state index in [2.05, 4.69) is 15.5 Å². The van der Waals surface area contributed by atoms with Crippen molar-refractivity contribution in [2.24, 2.45) is 11.7 Å². The highest BCUT2D eigenvalue weighted by Crippen LogP contribution is 2.16. The molecule has 20 heavy (non-hydrogen) atoms. The molecule has 0 aromatic carbocycles. The van der Waals surface area contributed by atoms with E-state index >= 15 is 0 Å². The van der Waals surface area contributed by atoms with Gasteiger partial charge in [-0.15, -0.1) is 10.2 Å². The molecular weight excluding hydrogens is 260 g/mol. The molecule has 0 aliphatic carbocycles. The van der Waals surface area contributed by atoms with Crippen LogP contribution in [-0.2, 0) is 17.9 Å². The Balaban J connectivity index is 1.87. The van der Waals surface area contributed by atoms with Crippen LogP contribution in [0.4, 0.5) is 4.79 Å². The highest BCUT2D eigenvalue weighted by Gasteiger charge is 2.27. The summed E-state index contributed by atoms with van der Waals surface area (Å²) >= 11 is 0. The molecule has 3 amide bonds. The second-order valence-corrected chi connectivity index (χ2v) is 4.87. The second-order valence-electron chi connectivity index (χ2n) is 4.87. The lowest BCUT2D eigenvalue weighted by atomic mass is 9.97. The number of aromatic nitrogens is 3. The topological polar surface area (TPSA) is 106 Å². The quantitative estimate of drug-likeness (QED) is 0.790. The van der Waals surface area contributed by atoms with Crippen LogP contribution < -0.4 is 11.1 Å². The first-order valence-corrected chi connectivity index (χ1v) is 6.80. The van der Waals surface area contributed by atoms with Crippen LogP contribution in [0.2, 0.25) is 0 Å². The Morgan fingerprint density at radius 1 is 1.55 bits per heavy atom. The molecule has 8 nitrogen and oxygen atoms in total. The molecule has 0 bridgehead atoms. The normalized spacial score (nSPS) is 18.9. The number of carbonyl (C=O) groups excluding carboxylic acids is 2. The monoisotopic (exact) mass is 280 g/mol. The summed E-state index contributed by atoms with van der Waals surface area (Å²) in [7, 11) is 0. The van der Waals surface area contributed by atoms with Gasteiger partial charge in [-0.2, -0.15) is 0 Å². The second kappa shape index (κ2) is 6.36. The van der Waals surface area contributed by atoms with Gasteiger partial charge in [0.15, 0.2) is 5.82 Å². The molecule has 0 unspecified atom stereocenters. The van der Waals surface area contributed by atoms with Crippen molar-refractivity contribution in [3.8, 4) is 0 Å². The van der Waals surface area contributed by atoms with Crippen molar-refractivity contribution >= 4 is 11.9 Å². The summed E-state index contributed by atoms with van der Waals surface area (Å²) in [6, 6.07) is -0.465. The zero-order valence-corrected chi connectivity index (χ0v) is 11.6. The summed E-state index contributed by atoms with van der Waals surface area (Å²) in [6.07, 6.45) is 3.21. The van der Waals surface area contributed by atoms with Crippen molar-refractivity contribution in [2.45, 2.75) is 32.9 Å². The van der Waals surface area contributed by atoms with E-state index in [0.29, 0.717) is 19.6 Å². The van der Waals surface area contributed by atoms with Crippen LogP contribution in [-0.4, -0.2) is 44.7 Å². The van der Waals surface area contributed by atoms with Gasteiger partial charge >= 0.3 is 6.03 Å². The van der Waals surface area contributed by atoms with Gasteiger partial charge in [-0.1, -0.05) is 0 Å². The first-order chi connectivity index (χ1) is 9.61. The van der Waals surface area contributed by atoms with Gasteiger partial charge < -0.3 is 20.5 Å². The maximum atomic E-state index is 12.1. The number of primary amides is 1. The van der Waals surface area contributed by atoms with Crippen molar-refractivity contribution in [1.82, 2.24) is 25.0 Å². The lowest BCUT2D eigenvalue weighted by molar-refractivity contribution is -0.126. The van der Waals surface area contributed by atoms with E-state index in [1.54, 1.807) is 6.33 Å². The molecular formula is C12H20N6O2. The van der Waals surface area contributed by atoms with E-state index in [1.165, 1.54) is 4.90 Å². The third kappa shape index (κ3) is 3.25. The maximum Gasteiger partial charge on any atom is 0.314 e. The predicted octanol–water partition coefficient (Wildman–Crippen LogP) is -0.295. The van der Waals surface area contributed by atoms with Gasteiger partial charge in [-0.25, -0.2) is 4.79 Å². The highest BCUT2D eigenvalue weighted by molar-refractivity contribution is 5.80. The van der Waals surface area contributed by atoms with Gasteiger partial charge in [-0.3, -0.25) is 4.79 Å². The highest BCUT2D eigenvalue weighted by atomic mass is 16.2. The molecule has 1 aromatic heterocycles. The van der Waals surface area contributed by atoms with Crippen LogP contribution >= 0.6 is 0 Å². The third-order valence-electron chi connectivity index (χ3n) is 3.56. The van der Waals surface area contributed by atoms with E-state index in [9.17, 15) is 9.59 Å². The van der Waals surface area contributed by atoms with E-state index in [-0.39, 0.29) is 11.8 Å². The molecule has 0 saturated carbocycles. The molecule has 1 atom stereocenters. The number of nitrogens with two attached hydrogens (primary N) is 1. The predicted molar refractivity (Wildman–Crippen MR) is 71.4 cm³/mol. The van der Waals surface area contributed by atoms with Crippen LogP contribution in [0.25, 0.3) is 0 Å². The lowest BCUT2D eigenvalue weighted by Gasteiger charge is -2.30. The zero-order chi connectivity index (χ0) is 14.5. The van der Waals surface area contributed by atoms with Crippen LogP contribution in [0.3, 0.4) is 0 Å². The standard InChI is InChI=1S/C12H20N6O2/c1-2-17-8-15-16-10(17)6-14-11(19)9-4-3-5-18(7-9)12(13)20/h8-9H,2-7H2,1H3,(H2,13,20)(H,14,19)/t9-/m0/s1. The molecule has 1 fully saturated rings. The summed E-state index contributed by atoms with van der Waals surface area (Å²) in [6.45, 7) is 4.11.